The summed E-state index contributed by atoms with van der Waals surface area (Å²) in [7, 11) is 11.9. The molecule has 5 N–H and O–H groups in total. The first-order valence-electron chi connectivity index (χ1n) is 17.9. The fourth-order valence-electron chi connectivity index (χ4n) is 4.65. The summed E-state index contributed by atoms with van der Waals surface area (Å²) in [4.78, 5) is 33.3. The van der Waals surface area contributed by atoms with Crippen molar-refractivity contribution < 1.29 is 29.5 Å². The molecule has 2 aromatic carbocycles. The number of aryl methyl sites for hydroxylation is 2. The molecule has 2 saturated carbocycles. The van der Waals surface area contributed by atoms with Crippen molar-refractivity contribution >= 4 is 56.4 Å². The number of nitriles is 2. The van der Waals surface area contributed by atoms with Gasteiger partial charge in [0.15, 0.2) is 8.07 Å². The van der Waals surface area contributed by atoms with Crippen LogP contribution in [-0.4, -0.2) is 45.3 Å². The topological polar surface area (TPSA) is 161 Å². The van der Waals surface area contributed by atoms with Crippen LogP contribution in [0.5, 0.6) is 0 Å². The molecule has 9 nitrogen and oxygen atoms in total. The van der Waals surface area contributed by atoms with Gasteiger partial charge in [-0.15, -0.1) is 0 Å². The van der Waals surface area contributed by atoms with Gasteiger partial charge < -0.3 is 21.7 Å². The molecule has 2 aliphatic carbocycles. The van der Waals surface area contributed by atoms with Gasteiger partial charge in [-0.25, -0.2) is 5.26 Å². The van der Waals surface area contributed by atoms with Crippen LogP contribution in [0.3, 0.4) is 0 Å². The van der Waals surface area contributed by atoms with E-state index in [0.29, 0.717) is 5.78 Å². The van der Waals surface area contributed by atoms with Crippen LogP contribution in [0.15, 0.2) is 48.5 Å². The number of benzene rings is 2. The first kappa shape index (κ1) is 49.1. The molecule has 4 rings (SSSR count). The van der Waals surface area contributed by atoms with E-state index in [4.69, 9.17) is 30.4 Å². The number of anilines is 2. The van der Waals surface area contributed by atoms with E-state index in [1.165, 1.54) is 11.1 Å². The minimum absolute atomic E-state index is 0.0757. The Labute approximate surface area is 329 Å². The molecular weight excluding hydrogens is 765 g/mol. The summed E-state index contributed by atoms with van der Waals surface area (Å²) in [6.45, 7) is 13.9. The molecule has 0 aromatic heterocycles. The summed E-state index contributed by atoms with van der Waals surface area (Å²) < 4.78 is 0. The number of halogens is 2. The van der Waals surface area contributed by atoms with Gasteiger partial charge in [-0.3, -0.25) is 14.4 Å². The average Bonchev–Trinajstić information content (AvgIpc) is 3.08. The number of Topliss-reactive ketones (excluding diaryl/α,β-unsaturated/α-hetero) is 1. The van der Waals surface area contributed by atoms with E-state index < -0.39 is 23.2 Å². The van der Waals surface area contributed by atoms with Crippen LogP contribution in [0.4, 0.5) is 11.4 Å². The Morgan fingerprint density at radius 3 is 1.44 bits per heavy atom. The summed E-state index contributed by atoms with van der Waals surface area (Å²) in [6.07, 6.45) is 9.19. The summed E-state index contributed by atoms with van der Waals surface area (Å²) in [5.41, 5.74) is 11.0. The summed E-state index contributed by atoms with van der Waals surface area (Å²) in [5, 5.41) is 26.2. The molecule has 13 heteroatoms. The maximum atomic E-state index is 11.8. The molecule has 2 aliphatic rings. The number of hydrogen-bond acceptors (Lipinski definition) is 7. The summed E-state index contributed by atoms with van der Waals surface area (Å²) >= 11 is -0.931. The number of nitrogens with one attached hydrogen (secondary N) is 3. The fraction of sp³-hybridized carbons (Fsp3) is 0.564. The predicted octanol–water partition coefficient (Wildman–Crippen LogP) is 8.73. The van der Waals surface area contributed by atoms with E-state index in [2.05, 4.69) is 39.8 Å². The third-order valence-electron chi connectivity index (χ3n) is 8.75. The summed E-state index contributed by atoms with van der Waals surface area (Å²) in [6, 6.07) is 18.4. The zero-order valence-electron chi connectivity index (χ0n) is 32.8. The van der Waals surface area contributed by atoms with Gasteiger partial charge >= 0.3 is 34.5 Å². The molecule has 0 saturated heterocycles. The number of amides is 2. The monoisotopic (exact) mass is 822 g/mol. The Bertz CT molecular complexity index is 1460. The number of nitrogens with zero attached hydrogens (tertiary/aromatic N) is 2. The predicted molar refractivity (Wildman–Crippen MR) is 215 cm³/mol. The molecule has 0 bridgehead atoms. The Balaban J connectivity index is 0.000000748. The van der Waals surface area contributed by atoms with Gasteiger partial charge in [0.25, 0.3) is 0 Å². The van der Waals surface area contributed by atoms with Crippen molar-refractivity contribution in [2.45, 2.75) is 117 Å². The standard InChI is InChI=1S/C18H25N3O.C13H20N2O.C4H9NSi.C4H6O.2ClH.Zn/c1-17(2,16(22)20-3)12-9-14-5-7-15(8-6-14)21-18(13-19)10-4-11-18;1-13(2,12(16)15-3)9-8-10-4-6-11(14)7-5-10;1-6(2,3)4-5;5-4-2-1-3-4;;;/h5-8,21H,4,9-12H2,1-3H3,(H,20,22);4-7H,8-9,14H2,1-3H3,(H,15,16);1-3H3;1-3H2;2*1H;/q;;;;;;+2/p-2. The quantitative estimate of drug-likeness (QED) is 0.138. The maximum absolute atomic E-state index is 11.8. The molecule has 2 amide bonds. The van der Waals surface area contributed by atoms with Crippen LogP contribution < -0.4 is 21.7 Å². The summed E-state index contributed by atoms with van der Waals surface area (Å²) in [5.74, 6) is 0.597. The van der Waals surface area contributed by atoms with Gasteiger partial charge in [0.2, 0.25) is 11.8 Å². The molecule has 0 spiro atoms. The Kier molecular flexibility index (Phi) is 23.0. The molecule has 0 heterocycles. The van der Waals surface area contributed by atoms with Crippen LogP contribution >= 0.6 is 19.4 Å². The van der Waals surface area contributed by atoms with Gasteiger partial charge in [0.05, 0.1) is 6.07 Å². The van der Waals surface area contributed by atoms with Crippen LogP contribution in [0.2, 0.25) is 19.6 Å². The van der Waals surface area contributed by atoms with E-state index in [0.717, 1.165) is 75.6 Å². The molecule has 52 heavy (non-hydrogen) atoms. The number of ketones is 1. The number of nitrogens with two attached hydrogens (primary N) is 1. The minimum atomic E-state index is -1.33. The average molecular weight is 825 g/mol. The van der Waals surface area contributed by atoms with Gasteiger partial charge in [-0.05, 0) is 86.8 Å². The molecule has 0 atom stereocenters. The van der Waals surface area contributed by atoms with Crippen LogP contribution in [0.1, 0.15) is 90.2 Å². The molecule has 0 aliphatic heterocycles. The Morgan fingerprint density at radius 1 is 0.827 bits per heavy atom. The number of rotatable bonds is 10. The molecule has 0 unspecified atom stereocenters. The van der Waals surface area contributed by atoms with E-state index >= 15 is 0 Å². The van der Waals surface area contributed by atoms with Gasteiger partial charge in [-0.2, -0.15) is 5.26 Å². The number of hydrogen-bond donors (Lipinski definition) is 4. The zero-order chi connectivity index (χ0) is 40.0. The second-order valence-corrected chi connectivity index (χ2v) is 24.7. The van der Waals surface area contributed by atoms with Crippen molar-refractivity contribution in [1.29, 1.82) is 10.5 Å². The normalized spacial score (nSPS) is 13.8. The third-order valence-corrected chi connectivity index (χ3v) is 9.42. The number of carbonyl (C=O) groups is 3. The molecule has 2 aromatic rings. The van der Waals surface area contributed by atoms with Crippen molar-refractivity contribution in [1.82, 2.24) is 10.6 Å². The van der Waals surface area contributed by atoms with Crippen molar-refractivity contribution in [2.75, 3.05) is 25.1 Å². The van der Waals surface area contributed by atoms with E-state index in [1.807, 2.05) is 83.7 Å². The Morgan fingerprint density at radius 2 is 1.19 bits per heavy atom. The van der Waals surface area contributed by atoms with Gasteiger partial charge in [0, 0.05) is 54.8 Å². The van der Waals surface area contributed by atoms with Crippen molar-refractivity contribution in [3.8, 4) is 11.8 Å². The van der Waals surface area contributed by atoms with E-state index in [-0.39, 0.29) is 28.2 Å². The second kappa shape index (κ2) is 24.4. The second-order valence-electron chi connectivity index (χ2n) is 15.4. The van der Waals surface area contributed by atoms with Crippen molar-refractivity contribution in [2.24, 2.45) is 10.8 Å². The fourth-order valence-corrected chi connectivity index (χ4v) is 4.65. The van der Waals surface area contributed by atoms with Gasteiger partial charge in [-0.1, -0.05) is 71.6 Å². The Hall–Kier alpha value is -2.95. The van der Waals surface area contributed by atoms with Crippen molar-refractivity contribution in [3.63, 3.8) is 0 Å². The van der Waals surface area contributed by atoms with E-state index in [9.17, 15) is 19.6 Å². The molecule has 2 fully saturated rings. The zero-order valence-corrected chi connectivity index (χ0v) is 38.3. The van der Waals surface area contributed by atoms with E-state index in [1.54, 1.807) is 14.1 Å². The van der Waals surface area contributed by atoms with Crippen LogP contribution in [0, 0.1) is 33.1 Å². The third kappa shape index (κ3) is 20.3. The number of nitrogen functional groups attached to an aromatic ring is 1. The van der Waals surface area contributed by atoms with Crippen LogP contribution in [0.25, 0.3) is 0 Å². The van der Waals surface area contributed by atoms with Crippen LogP contribution in [-0.2, 0) is 42.4 Å². The molecule has 0 radical (unpaired) electrons. The first-order chi connectivity index (χ1) is 24.2. The van der Waals surface area contributed by atoms with Crippen molar-refractivity contribution in [3.05, 3.63) is 59.7 Å². The SMILES string of the molecule is CNC(=O)C(C)(C)CCc1ccc(N)cc1.CNC(=O)C(C)(C)CCc1ccc(NC2(C#N)CCC2)cc1.C[Si](C)(C)C#N.O=C1CCC1.[Cl][Zn][Cl]. The number of carbonyl (C=O) groups excluding carboxylic acids is 3. The first-order valence-corrected chi connectivity index (χ1v) is 29.2. The molecular formula is C39H60Cl2N6O3SiZn. The van der Waals surface area contributed by atoms with Gasteiger partial charge in [0.1, 0.15) is 11.3 Å². The molecule has 284 valence electrons.